The molecule has 0 amide bonds. The molecule has 16 radical (unpaired) electrons. The number of fused-ring (bicyclic) bond motifs is 1. The van der Waals surface area contributed by atoms with E-state index in [0.717, 1.165) is 136 Å². The fourth-order valence-corrected chi connectivity index (χ4v) is 12.0. The van der Waals surface area contributed by atoms with Crippen LogP contribution in [0.15, 0.2) is 54.6 Å². The molecule has 0 spiro atoms. The maximum absolute atomic E-state index is 12.9. The van der Waals surface area contributed by atoms with Gasteiger partial charge in [-0.05, 0) is 38.2 Å². The molecule has 5 rings (SSSR count). The Morgan fingerprint density at radius 1 is 0.451 bits per heavy atom. The van der Waals surface area contributed by atoms with Crippen LogP contribution < -0.4 is 4.74 Å². The molecule has 592 valence electrons. The zero-order chi connectivity index (χ0) is 64.7. The van der Waals surface area contributed by atoms with Crippen molar-refractivity contribution in [1.29, 1.82) is 0 Å². The van der Waals surface area contributed by atoms with E-state index in [9.17, 15) is 67.3 Å². The molecule has 3 aromatic rings. The molecule has 2 aliphatic rings. The molecule has 32 N–H and O–H groups in total. The van der Waals surface area contributed by atoms with Crippen LogP contribution in [0.2, 0.25) is 0 Å². The molecule has 0 saturated carbocycles. The standard InChI is InChI=1S/C19H23N3O.C12H22O35S8.8Al.16H2O/c1-21(2)13-8-14-23-19-17-11-6-7-12-18(17)22(20-19)15-16-9-4-3-5-10-16;13-48(14,15)37-1-4-6(43-51(22,23)24)8(45-53(28,29)30)9(46-54(31,32)33)11(40-4)42-12(3-39-50(19,20)21)10(47-55(34,35)36)7(44-52(25,26)27)5(41-12)2-38-49(16,17)18;;;;;;;;;;;;;;;;;;;;;;;;/h3-7,9-12H,8,13-15H2,1-2H3;4-11H,1-3H2,(H,13,14,15)(H,16,17,18)(H,19,20,21)(H,22,23,24)(H,25,26,27)(H,28,29,30)(H,31,32,33)(H,34,35,36);;;;;;;;;16*1H2/q;;8*+1;;;;;;;;;;;;;;;;/p-8/t;4-,5-,6-,7-,8+,9-,10+,11-,12+;;;;;;;;;;;;;;;;;;;;;;;;/m.1......................../s1. The summed E-state index contributed by atoms with van der Waals surface area (Å²) in [7, 11) is -39.6. The number of para-hydroxylation sites is 1. The van der Waals surface area contributed by atoms with Crippen LogP contribution in [0.5, 0.6) is 5.88 Å². The summed E-state index contributed by atoms with van der Waals surface area (Å²) < 4.78 is 296. The summed E-state index contributed by atoms with van der Waals surface area (Å²) in [5.74, 6) is -3.06. The molecule has 0 bridgehead atoms. The van der Waals surface area contributed by atoms with Crippen molar-refractivity contribution in [3.8, 4) is 5.88 Å². The Labute approximate surface area is 649 Å². The van der Waals surface area contributed by atoms with Gasteiger partial charge in [-0.15, -0.1) is 5.10 Å². The Kier molecular flexibility index (Phi) is 73.7. The summed E-state index contributed by atoms with van der Waals surface area (Å²) in [6.45, 7) is -2.86. The van der Waals surface area contributed by atoms with Gasteiger partial charge in [0.25, 0.3) is 0 Å². The number of hydrogen-bond donors (Lipinski definition) is 0. The minimum atomic E-state index is -5.67. The normalized spacial score (nSPS) is 20.0. The lowest BCUT2D eigenvalue weighted by molar-refractivity contribution is -0.374. The largest absolute Gasteiger partial charge is 0.476 e. The van der Waals surface area contributed by atoms with Crippen LogP contribution in [-0.2, 0) is 163 Å². The summed E-state index contributed by atoms with van der Waals surface area (Å²) in [6.07, 6.45) is -22.4. The first-order chi connectivity index (χ1) is 39.9. The van der Waals surface area contributed by atoms with Gasteiger partial charge in [0.2, 0.25) is 11.7 Å². The Morgan fingerprint density at radius 3 is 1.25 bits per heavy atom. The van der Waals surface area contributed by atoms with E-state index in [0.29, 0.717) is 6.61 Å². The molecule has 1 aromatic heterocycles. The molecule has 0 unspecified atom stereocenters. The number of ether oxygens (including phenoxy) is 4. The molecular weight excluding hydrogens is 1720 g/mol. The summed E-state index contributed by atoms with van der Waals surface area (Å²) in [5, 5.41) is 5.76. The van der Waals surface area contributed by atoms with Gasteiger partial charge >= 0.3 is 216 Å². The van der Waals surface area contributed by atoms with Crippen LogP contribution in [0.4, 0.5) is 0 Å². The van der Waals surface area contributed by atoms with Gasteiger partial charge in [-0.3, -0.25) is 4.68 Å². The smallest absolute Gasteiger partial charge is 0.408 e. The lowest BCUT2D eigenvalue weighted by Gasteiger charge is -2.46. The van der Waals surface area contributed by atoms with E-state index in [1.807, 2.05) is 22.9 Å². The van der Waals surface area contributed by atoms with Gasteiger partial charge in [-0.1, -0.05) is 42.5 Å². The maximum Gasteiger partial charge on any atom is 0.408 e. The monoisotopic (exact) mass is 1790 g/mol. The highest BCUT2D eigenvalue weighted by molar-refractivity contribution is 7.84. The minimum absolute atomic E-state index is 0. The second-order valence-electron chi connectivity index (χ2n) is 16.2. The van der Waals surface area contributed by atoms with Crippen molar-refractivity contribution in [2.24, 2.45) is 0 Å². The second-order valence-corrected chi connectivity index (χ2v) is 30.6. The average Bonchev–Trinajstić information content (AvgIpc) is 1.49. The quantitative estimate of drug-likeness (QED) is 0.0385. The topological polar surface area (TPSA) is 983 Å². The fourth-order valence-electron chi connectivity index (χ4n) is 7.04. The maximum atomic E-state index is 12.9. The van der Waals surface area contributed by atoms with Gasteiger partial charge in [-0.2, -0.15) is 67.3 Å². The number of rotatable bonds is 36. The van der Waals surface area contributed by atoms with Crippen LogP contribution in [0, 0.1) is 0 Å². The first-order valence-electron chi connectivity index (χ1n) is 22.1. The predicted molar refractivity (Wildman–Crippen MR) is 337 cm³/mol. The molecule has 71 heteroatoms. The van der Waals surface area contributed by atoms with Crippen molar-refractivity contribution in [2.75, 3.05) is 47.1 Å². The molecule has 2 saturated heterocycles. The van der Waals surface area contributed by atoms with Crippen LogP contribution >= 0.6 is 0 Å². The number of aromatic nitrogens is 2. The van der Waals surface area contributed by atoms with Crippen molar-refractivity contribution in [1.82, 2.24) is 14.7 Å². The van der Waals surface area contributed by atoms with Crippen molar-refractivity contribution in [3.63, 3.8) is 0 Å². The summed E-state index contributed by atoms with van der Waals surface area (Å²) in [4.78, 5) is 2.16. The highest BCUT2D eigenvalue weighted by Crippen LogP contribution is 2.43. The Hall–Kier alpha value is 0.130. The van der Waals surface area contributed by atoms with E-state index in [1.165, 1.54) is 38.8 Å². The van der Waals surface area contributed by atoms with Gasteiger partial charge in [0.1, 0.15) is 37.1 Å². The molecular formula is C31H69Al8N3O52S8. The molecule has 2 aromatic carbocycles. The number of benzene rings is 2. The minimum Gasteiger partial charge on any atom is -0.476 e. The lowest BCUT2D eigenvalue weighted by Crippen LogP contribution is -2.66. The van der Waals surface area contributed by atoms with E-state index in [1.54, 1.807) is 0 Å². The summed E-state index contributed by atoms with van der Waals surface area (Å²) >= 11 is 9.26. The van der Waals surface area contributed by atoms with Crippen molar-refractivity contribution in [2.45, 2.75) is 67.8 Å². The zero-order valence-corrected chi connectivity index (χ0v) is 67.0. The Balaban J connectivity index is -0.000000158. The highest BCUT2D eigenvalue weighted by atomic mass is 32.3. The van der Waals surface area contributed by atoms with Crippen LogP contribution in [0.1, 0.15) is 12.0 Å². The van der Waals surface area contributed by atoms with E-state index >= 15 is 0 Å². The van der Waals surface area contributed by atoms with Gasteiger partial charge in [0, 0.05) is 6.54 Å². The zero-order valence-electron chi connectivity index (χ0n) is 51.2. The van der Waals surface area contributed by atoms with Crippen molar-refractivity contribution >= 4 is 227 Å². The van der Waals surface area contributed by atoms with E-state index in [4.69, 9.17) is 39.9 Å². The highest BCUT2D eigenvalue weighted by Gasteiger charge is 2.65. The molecule has 3 heterocycles. The third-order valence-electron chi connectivity index (χ3n) is 10.4. The molecule has 2 fully saturated rings. The van der Waals surface area contributed by atoms with Gasteiger partial charge < -0.3 is 137 Å². The third kappa shape index (κ3) is 41.4. The Morgan fingerprint density at radius 2 is 0.824 bits per heavy atom. The number of hydrogen-bond acceptors (Lipinski definition) is 38. The van der Waals surface area contributed by atoms with Gasteiger partial charge in [0.05, 0.1) is 37.3 Å². The Bertz CT molecular complexity index is 3660. The molecule has 102 heavy (non-hydrogen) atoms. The van der Waals surface area contributed by atoms with Crippen LogP contribution in [-0.4, -0.2) is 405 Å². The average molecular weight is 1790 g/mol. The predicted octanol–water partition coefficient (Wildman–Crippen LogP) is -20.2. The first-order valence-corrected chi connectivity index (χ1v) is 36.5. The second kappa shape index (κ2) is 57.2. The lowest BCUT2D eigenvalue weighted by atomic mass is 9.99. The molecule has 2 aliphatic heterocycles. The first kappa shape index (κ1) is 131. The van der Waals surface area contributed by atoms with E-state index in [2.05, 4.69) is 98.9 Å². The fraction of sp³-hybridized carbons (Fsp3) is 0.581. The van der Waals surface area contributed by atoms with Gasteiger partial charge in [0.15, 0.2) is 18.5 Å². The summed E-state index contributed by atoms with van der Waals surface area (Å²) in [5.41, 5.74) is 2.35. The molecule has 0 aliphatic carbocycles. The summed E-state index contributed by atoms with van der Waals surface area (Å²) in [6, 6.07) is 18.6. The van der Waals surface area contributed by atoms with Gasteiger partial charge in [-0.25, -0.2) is 33.5 Å². The third-order valence-corrected chi connectivity index (χ3v) is 21.5. The van der Waals surface area contributed by atoms with Crippen molar-refractivity contribution in [3.05, 3.63) is 60.2 Å². The molecule has 55 nitrogen and oxygen atoms in total. The molecule has 9 atom stereocenters. The van der Waals surface area contributed by atoms with E-state index in [-0.39, 0.29) is 87.6 Å². The van der Waals surface area contributed by atoms with Crippen molar-refractivity contribution < 1.29 is 233 Å². The number of nitrogens with zero attached hydrogens (tertiary/aromatic N) is 3. The van der Waals surface area contributed by atoms with E-state index < -0.39 is 158 Å². The van der Waals surface area contributed by atoms with Crippen LogP contribution in [0.25, 0.3) is 10.9 Å². The SMILES string of the molecule is CN(C)CCCOc1nn(Cc2ccccc2)c2ccccc12.O.O.O.O.O.O.O.O.O.O.O.O.O.O.O.O.O=S(=O)([O][Al])OC[C@H]1O[C@@](COS(=O)(=O)[O][Al])(O[C@H]2O[C@H](COS(=O)(=O)[O][Al])[C@@H](OS(=O)(=O)[O][Al])[C@H](OS(=O)(=O)[O][Al])[C@H]2OS(=O)(=O)[O][Al])[C@@H](OS(=O)(=O)[O][Al])[C@@H]1OS(=O)(=O)[O][Al]. The van der Waals surface area contributed by atoms with Crippen LogP contribution in [0.3, 0.4) is 0 Å².